The lowest BCUT2D eigenvalue weighted by atomic mass is 9.79. The van der Waals surface area contributed by atoms with Crippen LogP contribution in [-0.4, -0.2) is 31.7 Å². The van der Waals surface area contributed by atoms with Crippen molar-refractivity contribution < 1.29 is 0 Å². The Bertz CT molecular complexity index is 397. The summed E-state index contributed by atoms with van der Waals surface area (Å²) < 4.78 is 0. The summed E-state index contributed by atoms with van der Waals surface area (Å²) in [5, 5.41) is 4.27. The topological polar surface area (TPSA) is 20.0 Å². The van der Waals surface area contributed by atoms with E-state index in [9.17, 15) is 0 Å². The van der Waals surface area contributed by atoms with Gasteiger partial charge in [0.25, 0.3) is 0 Å². The minimum Gasteiger partial charge on any atom is -0.242 e. The molecule has 3 aliphatic heterocycles. The minimum atomic E-state index is 0.571. The van der Waals surface area contributed by atoms with E-state index in [-0.39, 0.29) is 0 Å². The van der Waals surface area contributed by atoms with Gasteiger partial charge < -0.3 is 0 Å². The van der Waals surface area contributed by atoms with Crippen LogP contribution in [0.1, 0.15) is 50.5 Å². The summed E-state index contributed by atoms with van der Waals surface area (Å²) in [6, 6.07) is 11.0. The lowest BCUT2D eigenvalue weighted by Crippen LogP contribution is -2.61. The van der Waals surface area contributed by atoms with Crippen molar-refractivity contribution >= 4 is 0 Å². The molecule has 0 saturated carbocycles. The van der Waals surface area contributed by atoms with Gasteiger partial charge in [-0.15, -0.1) is 0 Å². The molecule has 0 aliphatic carbocycles. The molecule has 1 atom stereocenters. The predicted molar refractivity (Wildman–Crippen MR) is 88.9 cm³/mol. The molecule has 3 aliphatic rings. The molecule has 0 N–H and O–H groups in total. The zero-order chi connectivity index (χ0) is 14.4. The molecule has 0 bridgehead atoms. The van der Waals surface area contributed by atoms with Crippen LogP contribution in [-0.2, 0) is 6.42 Å². The summed E-state index contributed by atoms with van der Waals surface area (Å²) >= 11 is 0. The molecule has 1 unspecified atom stereocenters. The lowest BCUT2D eigenvalue weighted by molar-refractivity contribution is 0.122. The van der Waals surface area contributed by atoms with Gasteiger partial charge in [-0.2, -0.15) is 4.90 Å². The first-order valence-corrected chi connectivity index (χ1v) is 8.81. The molecule has 1 aromatic carbocycles. The maximum atomic E-state index is 4.27. The second-order valence-electron chi connectivity index (χ2n) is 6.81. The van der Waals surface area contributed by atoms with E-state index in [1.54, 1.807) is 0 Å². The maximum absolute atomic E-state index is 4.27. The lowest BCUT2D eigenvalue weighted by Gasteiger charge is -2.38. The van der Waals surface area contributed by atoms with Crippen molar-refractivity contribution in [1.82, 2.24) is 10.2 Å². The fourth-order valence-corrected chi connectivity index (χ4v) is 3.99. The second kappa shape index (κ2) is 7.42. The molecule has 3 saturated heterocycles. The molecule has 4 rings (SSSR count). The third-order valence-corrected chi connectivity index (χ3v) is 5.35. The van der Waals surface area contributed by atoms with Crippen LogP contribution in [0.2, 0.25) is 0 Å². The van der Waals surface area contributed by atoms with E-state index >= 15 is 0 Å². The zero-order valence-corrected chi connectivity index (χ0v) is 13.3. The van der Waals surface area contributed by atoms with Gasteiger partial charge >= 0.3 is 0 Å². The highest BCUT2D eigenvalue weighted by atomic mass is 15.3. The first-order chi connectivity index (χ1) is 10.4. The van der Waals surface area contributed by atoms with Crippen LogP contribution in [0.4, 0.5) is 0 Å². The SMILES string of the molecule is C1CCC[N]CC1.c1ccc(CC23CCC[N+]2CC3)cc1. The fraction of sp³-hybridized carbons (Fsp3) is 0.684. The Labute approximate surface area is 129 Å². The van der Waals surface area contributed by atoms with E-state index in [1.807, 2.05) is 0 Å². The molecule has 2 radical (unpaired) electrons. The summed E-state index contributed by atoms with van der Waals surface area (Å²) in [7, 11) is 0. The largest absolute Gasteiger partial charge is 0.242 e. The van der Waals surface area contributed by atoms with E-state index in [4.69, 9.17) is 0 Å². The monoisotopic (exact) mass is 285 g/mol. The van der Waals surface area contributed by atoms with Crippen molar-refractivity contribution in [2.24, 2.45) is 0 Å². The van der Waals surface area contributed by atoms with Gasteiger partial charge in [-0.05, 0) is 18.4 Å². The molecule has 0 amide bonds. The molecular formula is C19H29N2+. The van der Waals surface area contributed by atoms with Gasteiger partial charge in [-0.3, -0.25) is 0 Å². The van der Waals surface area contributed by atoms with Gasteiger partial charge in [0.05, 0.1) is 6.42 Å². The molecule has 114 valence electrons. The van der Waals surface area contributed by atoms with Gasteiger partial charge in [0.15, 0.2) is 5.54 Å². The Hall–Kier alpha value is -0.860. The molecule has 3 fully saturated rings. The van der Waals surface area contributed by atoms with E-state index in [0.717, 1.165) is 13.1 Å². The van der Waals surface area contributed by atoms with Crippen molar-refractivity contribution in [2.45, 2.75) is 56.9 Å². The molecule has 2 nitrogen and oxygen atoms in total. The smallest absolute Gasteiger partial charge is 0.152 e. The molecule has 0 aromatic heterocycles. The quantitative estimate of drug-likeness (QED) is 0.742. The van der Waals surface area contributed by atoms with E-state index in [2.05, 4.69) is 40.5 Å². The molecule has 3 heterocycles. The van der Waals surface area contributed by atoms with Crippen LogP contribution >= 0.6 is 0 Å². The van der Waals surface area contributed by atoms with Gasteiger partial charge in [0.1, 0.15) is 13.1 Å². The molecule has 0 spiro atoms. The summed E-state index contributed by atoms with van der Waals surface area (Å²) in [6.07, 6.45) is 11.0. The highest BCUT2D eigenvalue weighted by Crippen LogP contribution is 2.40. The van der Waals surface area contributed by atoms with Crippen molar-refractivity contribution in [3.05, 3.63) is 35.9 Å². The van der Waals surface area contributed by atoms with E-state index in [0.29, 0.717) is 5.54 Å². The maximum Gasteiger partial charge on any atom is 0.152 e. The normalized spacial score (nSPS) is 28.8. The van der Waals surface area contributed by atoms with Gasteiger partial charge in [0.2, 0.25) is 0 Å². The van der Waals surface area contributed by atoms with Crippen LogP contribution in [0.15, 0.2) is 30.3 Å². The van der Waals surface area contributed by atoms with Gasteiger partial charge in [-0.1, -0.05) is 43.2 Å². The van der Waals surface area contributed by atoms with E-state index < -0.39 is 0 Å². The average Bonchev–Trinajstić information content (AvgIpc) is 2.74. The standard InChI is InChI=1S/C13H17N.C6H12N/c1-2-5-12(6-3-1)11-13-7-4-9-14(13)10-8-13;1-2-4-6-7-5-3-1/h1-3,5-6H,4,7-11H2;1-6H2/q+1;. The third kappa shape index (κ3) is 3.87. The van der Waals surface area contributed by atoms with Crippen molar-refractivity contribution in [3.63, 3.8) is 0 Å². The van der Waals surface area contributed by atoms with Crippen molar-refractivity contribution in [1.29, 1.82) is 0 Å². The van der Waals surface area contributed by atoms with Crippen LogP contribution < -0.4 is 10.2 Å². The Morgan fingerprint density at radius 1 is 0.857 bits per heavy atom. The zero-order valence-electron chi connectivity index (χ0n) is 13.3. The Balaban J connectivity index is 0.000000160. The van der Waals surface area contributed by atoms with Gasteiger partial charge in [0, 0.05) is 32.4 Å². The summed E-state index contributed by atoms with van der Waals surface area (Å²) in [5.74, 6) is 0. The summed E-state index contributed by atoms with van der Waals surface area (Å²) in [6.45, 7) is 4.93. The van der Waals surface area contributed by atoms with Crippen LogP contribution in [0.25, 0.3) is 0 Å². The highest BCUT2D eigenvalue weighted by Gasteiger charge is 2.57. The van der Waals surface area contributed by atoms with Crippen LogP contribution in [0.5, 0.6) is 0 Å². The molecule has 1 aromatic rings. The summed E-state index contributed by atoms with van der Waals surface area (Å²) in [4.78, 5) is 2.68. The first kappa shape index (κ1) is 15.1. The number of fused-ring (bicyclic) bond motifs is 1. The Morgan fingerprint density at radius 2 is 1.62 bits per heavy atom. The molecule has 2 heteroatoms. The van der Waals surface area contributed by atoms with Gasteiger partial charge in [-0.25, -0.2) is 5.32 Å². The van der Waals surface area contributed by atoms with Crippen LogP contribution in [0.3, 0.4) is 0 Å². The number of hydrogen-bond donors (Lipinski definition) is 0. The number of nitrogens with zero attached hydrogens (tertiary/aromatic N) is 2. The Kier molecular flexibility index (Phi) is 5.32. The molecule has 21 heavy (non-hydrogen) atoms. The van der Waals surface area contributed by atoms with Crippen molar-refractivity contribution in [3.8, 4) is 0 Å². The third-order valence-electron chi connectivity index (χ3n) is 5.35. The molecular weight excluding hydrogens is 256 g/mol. The summed E-state index contributed by atoms with van der Waals surface area (Å²) in [5.41, 5.74) is 2.08. The predicted octanol–water partition coefficient (Wildman–Crippen LogP) is 3.47. The van der Waals surface area contributed by atoms with E-state index in [1.165, 1.54) is 70.0 Å². The fourth-order valence-electron chi connectivity index (χ4n) is 3.99. The second-order valence-corrected chi connectivity index (χ2v) is 6.81. The number of benzene rings is 1. The van der Waals surface area contributed by atoms with Crippen LogP contribution in [0, 0.1) is 0 Å². The number of rotatable bonds is 2. The highest BCUT2D eigenvalue weighted by molar-refractivity contribution is 5.22. The first-order valence-electron chi connectivity index (χ1n) is 8.81. The average molecular weight is 285 g/mol. The van der Waals surface area contributed by atoms with Crippen molar-refractivity contribution in [2.75, 3.05) is 26.2 Å². The number of hydrogen-bond acceptors (Lipinski definition) is 1. The Morgan fingerprint density at radius 3 is 2.24 bits per heavy atom. The minimum absolute atomic E-state index is 0.571.